The monoisotopic (exact) mass is 447 g/mol. The van der Waals surface area contributed by atoms with E-state index in [0.717, 1.165) is 31.7 Å². The van der Waals surface area contributed by atoms with Crippen LogP contribution in [0.5, 0.6) is 0 Å². The second-order valence-electron chi connectivity index (χ2n) is 7.17. The number of H-pyrrole nitrogens is 1. The Morgan fingerprint density at radius 2 is 1.87 bits per heavy atom. The van der Waals surface area contributed by atoms with Gasteiger partial charge in [-0.05, 0) is 43.3 Å². The van der Waals surface area contributed by atoms with Crippen molar-refractivity contribution in [2.24, 2.45) is 5.73 Å². The maximum Gasteiger partial charge on any atom is 0.417 e. The summed E-state index contributed by atoms with van der Waals surface area (Å²) in [7, 11) is -4.25. The molecule has 3 N–H and O–H groups in total. The molecule has 0 radical (unpaired) electrons. The number of piperazine rings is 1. The van der Waals surface area contributed by atoms with Crippen molar-refractivity contribution in [1.82, 2.24) is 25.5 Å². The van der Waals surface area contributed by atoms with Crippen molar-refractivity contribution in [3.63, 3.8) is 0 Å². The van der Waals surface area contributed by atoms with Gasteiger partial charge in [0.15, 0.2) is 9.84 Å². The lowest BCUT2D eigenvalue weighted by atomic mass is 10.0. The Hall–Kier alpha value is -2.25. The van der Waals surface area contributed by atoms with Crippen molar-refractivity contribution in [2.45, 2.75) is 23.9 Å². The number of aromatic amines is 1. The molecule has 2 aromatic rings. The van der Waals surface area contributed by atoms with E-state index in [1.807, 2.05) is 4.90 Å². The third kappa shape index (κ3) is 4.90. The largest absolute Gasteiger partial charge is 0.417 e. The Morgan fingerprint density at radius 3 is 2.40 bits per heavy atom. The Kier molecular flexibility index (Phi) is 6.62. The van der Waals surface area contributed by atoms with Crippen LogP contribution in [0.2, 0.25) is 0 Å². The van der Waals surface area contributed by atoms with Crippen LogP contribution in [-0.4, -0.2) is 79.5 Å². The first kappa shape index (κ1) is 22.4. The maximum atomic E-state index is 13.6. The molecule has 3 rings (SSSR count). The van der Waals surface area contributed by atoms with Gasteiger partial charge < -0.3 is 10.6 Å². The fourth-order valence-corrected chi connectivity index (χ4v) is 4.77. The highest BCUT2D eigenvalue weighted by Crippen LogP contribution is 2.43. The third-order valence-electron chi connectivity index (χ3n) is 5.02. The Balaban J connectivity index is 2.02. The lowest BCUT2D eigenvalue weighted by molar-refractivity contribution is -0.139. The predicted octanol–water partition coefficient (Wildman–Crippen LogP) is 1.15. The first-order valence-electron chi connectivity index (χ1n) is 9.48. The third-order valence-corrected chi connectivity index (χ3v) is 6.19. The average molecular weight is 447 g/mol. The number of nitrogens with two attached hydrogens (primary N) is 1. The molecule has 2 heterocycles. The molecule has 0 saturated carbocycles. The van der Waals surface area contributed by atoms with Crippen molar-refractivity contribution in [3.8, 4) is 11.4 Å². The number of benzene rings is 1. The van der Waals surface area contributed by atoms with Gasteiger partial charge in [-0.1, -0.05) is 0 Å². The standard InChI is InChI=1S/C17H24F3N7O2S/c1-30(28,29)15-12(17(18,19)20)4-5-13(14(15)16-22-24-25-23-16)27-10-8-26(9-11-27)7-3-2-6-21/h4-5H,2-3,6-11,21H2,1H3,(H,22,23,24,25). The van der Waals surface area contributed by atoms with E-state index in [0.29, 0.717) is 38.4 Å². The molecule has 0 atom stereocenters. The lowest BCUT2D eigenvalue weighted by Gasteiger charge is -2.37. The van der Waals surface area contributed by atoms with Gasteiger partial charge in [-0.2, -0.15) is 18.4 Å². The maximum absolute atomic E-state index is 13.6. The van der Waals surface area contributed by atoms with Gasteiger partial charge in [-0.3, -0.25) is 4.90 Å². The van der Waals surface area contributed by atoms with Crippen molar-refractivity contribution in [1.29, 1.82) is 0 Å². The predicted molar refractivity (Wildman–Crippen MR) is 105 cm³/mol. The van der Waals surface area contributed by atoms with Crippen molar-refractivity contribution >= 4 is 15.5 Å². The quantitative estimate of drug-likeness (QED) is 0.607. The molecule has 0 aliphatic carbocycles. The summed E-state index contributed by atoms with van der Waals surface area (Å²) in [6, 6.07) is 2.09. The molecular weight excluding hydrogens is 423 g/mol. The molecule has 0 spiro atoms. The number of halogens is 3. The number of alkyl halides is 3. The molecule has 13 heteroatoms. The van der Waals surface area contributed by atoms with Crippen molar-refractivity contribution < 1.29 is 21.6 Å². The fourth-order valence-electron chi connectivity index (χ4n) is 3.62. The molecule has 0 amide bonds. The van der Waals surface area contributed by atoms with Gasteiger partial charge in [0.05, 0.1) is 16.0 Å². The van der Waals surface area contributed by atoms with Crippen LogP contribution >= 0.6 is 0 Å². The number of nitrogens with one attached hydrogen (secondary N) is 1. The normalized spacial score (nSPS) is 16.2. The summed E-state index contributed by atoms with van der Waals surface area (Å²) >= 11 is 0. The zero-order valence-corrected chi connectivity index (χ0v) is 17.3. The number of sulfone groups is 1. The van der Waals surface area contributed by atoms with Crippen molar-refractivity contribution in [2.75, 3.05) is 50.4 Å². The minimum atomic E-state index is -4.85. The SMILES string of the molecule is CS(=O)(=O)c1c(C(F)(F)F)ccc(N2CCN(CCCCN)CC2)c1-c1nn[nH]n1. The highest BCUT2D eigenvalue weighted by atomic mass is 32.2. The summed E-state index contributed by atoms with van der Waals surface area (Å²) < 4.78 is 65.7. The number of tetrazole rings is 1. The zero-order valence-electron chi connectivity index (χ0n) is 16.5. The Morgan fingerprint density at radius 1 is 1.17 bits per heavy atom. The molecule has 1 aromatic carbocycles. The van der Waals surface area contributed by atoms with Crippen LogP contribution in [0.15, 0.2) is 17.0 Å². The summed E-state index contributed by atoms with van der Waals surface area (Å²) in [4.78, 5) is 3.28. The van der Waals surface area contributed by atoms with Gasteiger partial charge in [0.2, 0.25) is 5.82 Å². The van der Waals surface area contributed by atoms with Crippen LogP contribution in [-0.2, 0) is 16.0 Å². The first-order chi connectivity index (χ1) is 14.1. The molecule has 1 fully saturated rings. The fraction of sp³-hybridized carbons (Fsp3) is 0.588. The van der Waals surface area contributed by atoms with Gasteiger partial charge in [0.25, 0.3) is 0 Å². The summed E-state index contributed by atoms with van der Waals surface area (Å²) in [5.41, 5.74) is 4.44. The Bertz CT molecular complexity index is 956. The summed E-state index contributed by atoms with van der Waals surface area (Å²) in [6.07, 6.45) is -2.20. The molecule has 166 valence electrons. The molecule has 1 aliphatic heterocycles. The van der Waals surface area contributed by atoms with Crippen LogP contribution < -0.4 is 10.6 Å². The van der Waals surface area contributed by atoms with Gasteiger partial charge in [-0.25, -0.2) is 8.42 Å². The minimum Gasteiger partial charge on any atom is -0.368 e. The van der Waals surface area contributed by atoms with Crippen molar-refractivity contribution in [3.05, 3.63) is 17.7 Å². The summed E-state index contributed by atoms with van der Waals surface area (Å²) in [6.45, 7) is 3.99. The van der Waals surface area contributed by atoms with Gasteiger partial charge in [0, 0.05) is 38.1 Å². The first-order valence-corrected chi connectivity index (χ1v) is 11.4. The number of anilines is 1. The van der Waals surface area contributed by atoms with E-state index in [1.54, 1.807) is 0 Å². The molecular formula is C17H24F3N7O2S. The Labute approximate surface area is 172 Å². The van der Waals surface area contributed by atoms with Gasteiger partial charge in [0.1, 0.15) is 0 Å². The molecule has 30 heavy (non-hydrogen) atoms. The second kappa shape index (κ2) is 8.86. The average Bonchev–Trinajstić information content (AvgIpc) is 3.21. The zero-order chi connectivity index (χ0) is 21.9. The minimum absolute atomic E-state index is 0.183. The number of rotatable bonds is 7. The van der Waals surface area contributed by atoms with Crippen LogP contribution in [0.25, 0.3) is 11.4 Å². The molecule has 1 saturated heterocycles. The van der Waals surface area contributed by atoms with E-state index >= 15 is 0 Å². The van der Waals surface area contributed by atoms with Crippen LogP contribution in [0, 0.1) is 0 Å². The van der Waals surface area contributed by atoms with Crippen LogP contribution in [0.4, 0.5) is 18.9 Å². The number of hydrogen-bond donors (Lipinski definition) is 2. The highest BCUT2D eigenvalue weighted by molar-refractivity contribution is 7.91. The van der Waals surface area contributed by atoms with Gasteiger partial charge >= 0.3 is 6.18 Å². The van der Waals surface area contributed by atoms with E-state index in [1.165, 1.54) is 6.07 Å². The number of hydrogen-bond acceptors (Lipinski definition) is 8. The second-order valence-corrected chi connectivity index (χ2v) is 9.12. The van der Waals surface area contributed by atoms with Crippen LogP contribution in [0.3, 0.4) is 0 Å². The molecule has 0 unspecified atom stereocenters. The van der Waals surface area contributed by atoms with E-state index < -0.39 is 26.5 Å². The smallest absolute Gasteiger partial charge is 0.368 e. The molecule has 1 aromatic heterocycles. The topological polar surface area (TPSA) is 121 Å². The molecule has 9 nitrogen and oxygen atoms in total. The van der Waals surface area contributed by atoms with E-state index in [2.05, 4.69) is 25.5 Å². The van der Waals surface area contributed by atoms with Gasteiger partial charge in [-0.15, -0.1) is 10.2 Å². The number of nitrogens with zero attached hydrogens (tertiary/aromatic N) is 5. The number of unbranched alkanes of at least 4 members (excludes halogenated alkanes) is 1. The molecule has 1 aliphatic rings. The summed E-state index contributed by atoms with van der Waals surface area (Å²) in [5, 5.41) is 13.1. The summed E-state index contributed by atoms with van der Waals surface area (Å²) in [5.74, 6) is -0.193. The number of aromatic nitrogens is 4. The lowest BCUT2D eigenvalue weighted by Crippen LogP contribution is -2.47. The van der Waals surface area contributed by atoms with Crippen LogP contribution in [0.1, 0.15) is 18.4 Å². The highest BCUT2D eigenvalue weighted by Gasteiger charge is 2.40. The van der Waals surface area contributed by atoms with E-state index in [-0.39, 0.29) is 11.4 Å². The van der Waals surface area contributed by atoms with E-state index in [9.17, 15) is 21.6 Å². The molecule has 0 bridgehead atoms. The van der Waals surface area contributed by atoms with E-state index in [4.69, 9.17) is 5.73 Å².